The van der Waals surface area contributed by atoms with Gasteiger partial charge in [-0.3, -0.25) is 24.5 Å². The number of nitrogen functional groups attached to an aromatic ring is 1. The second-order valence-electron chi connectivity index (χ2n) is 7.97. The molecule has 9 N–H and O–H groups in total. The Kier molecular flexibility index (Phi) is 9.67. The van der Waals surface area contributed by atoms with Gasteiger partial charge >= 0.3 is 5.97 Å². The number of anilines is 1. The minimum atomic E-state index is -1.27. The van der Waals surface area contributed by atoms with Crippen molar-refractivity contribution in [2.75, 3.05) is 23.8 Å². The number of halogens is 1. The van der Waals surface area contributed by atoms with Gasteiger partial charge in [0.15, 0.2) is 16.8 Å². The van der Waals surface area contributed by atoms with Gasteiger partial charge in [0, 0.05) is 33.3 Å². The van der Waals surface area contributed by atoms with E-state index in [2.05, 4.69) is 25.4 Å². The number of thioether (sulfide) groups is 3. The minimum Gasteiger partial charge on any atom is -0.477 e. The molecule has 19 heteroatoms. The number of aliphatic imine (C=N–C) groups is 1. The molecule has 212 valence electrons. The summed E-state index contributed by atoms with van der Waals surface area (Å²) in [5.41, 5.74) is 16.2. The number of carboxylic acids is 1. The van der Waals surface area contributed by atoms with Crippen molar-refractivity contribution < 1.29 is 24.7 Å². The number of carboxylic acid groups (broad SMARTS) is 1. The van der Waals surface area contributed by atoms with E-state index in [1.54, 1.807) is 24.0 Å². The Bertz CT molecular complexity index is 1430. The number of carbonyl (C=O) groups excluding carboxylic acids is 2. The molecule has 0 radical (unpaired) electrons. The van der Waals surface area contributed by atoms with Crippen molar-refractivity contribution in [3.63, 3.8) is 0 Å². The van der Waals surface area contributed by atoms with Crippen molar-refractivity contribution in [3.05, 3.63) is 44.7 Å². The number of amides is 2. The fourth-order valence-electron chi connectivity index (χ4n) is 3.71. The molecule has 0 unspecified atom stereocenters. The van der Waals surface area contributed by atoms with Gasteiger partial charge in [0.1, 0.15) is 27.1 Å². The molecule has 2 amide bonds. The molecule has 4 heterocycles. The number of hydrogen-bond donors (Lipinski definition) is 6. The van der Waals surface area contributed by atoms with Gasteiger partial charge in [0.2, 0.25) is 0 Å². The number of hydrogen-bond acceptors (Lipinski definition) is 13. The van der Waals surface area contributed by atoms with E-state index in [9.17, 15) is 24.7 Å². The van der Waals surface area contributed by atoms with Crippen molar-refractivity contribution >= 4 is 92.8 Å². The van der Waals surface area contributed by atoms with Crippen LogP contribution in [0.25, 0.3) is 0 Å². The average Bonchev–Trinajstić information content (AvgIpc) is 3.24. The van der Waals surface area contributed by atoms with E-state index in [4.69, 9.17) is 28.8 Å². The maximum atomic E-state index is 13.1. The fourth-order valence-corrected chi connectivity index (χ4v) is 8.09. The van der Waals surface area contributed by atoms with Gasteiger partial charge < -0.3 is 32.8 Å². The van der Waals surface area contributed by atoms with Gasteiger partial charge in [0.25, 0.3) is 11.8 Å². The highest BCUT2D eigenvalue weighted by molar-refractivity contribution is 8.06. The summed E-state index contributed by atoms with van der Waals surface area (Å²) in [6.07, 6.45) is 1.65. The zero-order chi connectivity index (χ0) is 29.0. The first-order valence-electron chi connectivity index (χ1n) is 11.2. The number of nitrogens with two attached hydrogens (primary N) is 3. The van der Waals surface area contributed by atoms with E-state index in [1.165, 1.54) is 23.5 Å². The third kappa shape index (κ3) is 6.41. The predicted octanol–water partition coefficient (Wildman–Crippen LogP) is 0.947. The van der Waals surface area contributed by atoms with E-state index < -0.39 is 34.9 Å². The van der Waals surface area contributed by atoms with Crippen LogP contribution in [0.15, 0.2) is 44.0 Å². The molecule has 1 fully saturated rings. The summed E-state index contributed by atoms with van der Waals surface area (Å²) in [6, 6.07) is 2.53. The monoisotopic (exact) mass is 643 g/mol. The van der Waals surface area contributed by atoms with Crippen molar-refractivity contribution in [2.24, 2.45) is 21.6 Å². The molecule has 14 nitrogen and oxygen atoms in total. The minimum absolute atomic E-state index is 0.0225. The fraction of sp³-hybridized carbons (Fsp3) is 0.286. The number of aromatic nitrogens is 2. The quantitative estimate of drug-likeness (QED) is 0.0500. The Morgan fingerprint density at radius 2 is 2.12 bits per heavy atom. The van der Waals surface area contributed by atoms with Crippen LogP contribution in [0.2, 0.25) is 4.34 Å². The molecule has 40 heavy (non-hydrogen) atoms. The second-order valence-corrected chi connectivity index (χ2v) is 12.9. The number of β-lactam (4-membered cyclic amide) rings is 1. The van der Waals surface area contributed by atoms with E-state index >= 15 is 0 Å². The zero-order valence-electron chi connectivity index (χ0n) is 20.3. The van der Waals surface area contributed by atoms with Gasteiger partial charge in [0.05, 0.1) is 12.2 Å². The Morgan fingerprint density at radius 3 is 2.77 bits per heavy atom. The van der Waals surface area contributed by atoms with E-state index in [0.717, 1.165) is 26.8 Å². The summed E-state index contributed by atoms with van der Waals surface area (Å²) in [7, 11) is 0. The first-order valence-corrected chi connectivity index (χ1v) is 15.4. The molecule has 1 saturated heterocycles. The Hall–Kier alpha value is -3.19. The number of thiazole rings is 1. The molecular formula is C21H22ClN9O5S4. The summed E-state index contributed by atoms with van der Waals surface area (Å²) in [4.78, 5) is 52.8. The molecule has 2 aromatic rings. The molecule has 0 spiro atoms. The van der Waals surface area contributed by atoms with Crippen molar-refractivity contribution in [3.8, 4) is 0 Å². The van der Waals surface area contributed by atoms with E-state index in [1.807, 2.05) is 6.07 Å². The largest absolute Gasteiger partial charge is 0.477 e. The van der Waals surface area contributed by atoms with Crippen LogP contribution >= 0.6 is 58.2 Å². The number of nitrogens with zero attached hydrogens (tertiary/aromatic N) is 5. The molecule has 2 aromatic heterocycles. The van der Waals surface area contributed by atoms with Crippen LogP contribution in [0.1, 0.15) is 11.4 Å². The zero-order valence-corrected chi connectivity index (χ0v) is 24.3. The SMILES string of the molecule is NC(N)=NCCSCc1ncccc1SC1=C(C(=O)O)N2C(=O)[C@@H](NC(=O)/C(=N\O)c3nc(N)sc3Cl)[C@H]2SC1. The molecule has 2 atom stereocenters. The molecule has 4 rings (SSSR count). The summed E-state index contributed by atoms with van der Waals surface area (Å²) in [5.74, 6) is -1.29. The van der Waals surface area contributed by atoms with Crippen molar-refractivity contribution in [2.45, 2.75) is 22.1 Å². The highest BCUT2D eigenvalue weighted by atomic mass is 35.5. The predicted molar refractivity (Wildman–Crippen MR) is 156 cm³/mol. The van der Waals surface area contributed by atoms with Gasteiger partial charge in [-0.2, -0.15) is 11.8 Å². The molecule has 0 aromatic carbocycles. The second kappa shape index (κ2) is 13.0. The third-order valence-electron chi connectivity index (χ3n) is 5.41. The number of fused-ring (bicyclic) bond motifs is 1. The lowest BCUT2D eigenvalue weighted by molar-refractivity contribution is -0.150. The van der Waals surface area contributed by atoms with Crippen LogP contribution in [0, 0.1) is 0 Å². The number of nitrogens with one attached hydrogen (secondary N) is 1. The van der Waals surface area contributed by atoms with Gasteiger partial charge in [-0.15, -0.1) is 11.8 Å². The first kappa shape index (κ1) is 29.8. The summed E-state index contributed by atoms with van der Waals surface area (Å²) in [6.45, 7) is 0.458. The lowest BCUT2D eigenvalue weighted by Gasteiger charge is -2.49. The average molecular weight is 644 g/mol. The summed E-state index contributed by atoms with van der Waals surface area (Å²) >= 11 is 11.0. The highest BCUT2D eigenvalue weighted by Gasteiger charge is 2.54. The van der Waals surface area contributed by atoms with Crippen LogP contribution in [0.4, 0.5) is 5.13 Å². The van der Waals surface area contributed by atoms with Crippen LogP contribution in [-0.4, -0.2) is 84.1 Å². The van der Waals surface area contributed by atoms with E-state index in [-0.39, 0.29) is 32.6 Å². The van der Waals surface area contributed by atoms with Crippen molar-refractivity contribution in [1.29, 1.82) is 0 Å². The van der Waals surface area contributed by atoms with Crippen molar-refractivity contribution in [1.82, 2.24) is 20.2 Å². The Balaban J connectivity index is 1.48. The molecular weight excluding hydrogens is 622 g/mol. The maximum absolute atomic E-state index is 13.1. The van der Waals surface area contributed by atoms with Gasteiger partial charge in [-0.1, -0.05) is 39.9 Å². The van der Waals surface area contributed by atoms with E-state index in [0.29, 0.717) is 23.0 Å². The molecule has 0 bridgehead atoms. The third-order valence-corrected chi connectivity index (χ3v) is 10.1. The Morgan fingerprint density at radius 1 is 1.35 bits per heavy atom. The lowest BCUT2D eigenvalue weighted by atomic mass is 10.0. The highest BCUT2D eigenvalue weighted by Crippen LogP contribution is 2.45. The number of pyridine rings is 1. The van der Waals surface area contributed by atoms with Crippen LogP contribution in [0.5, 0.6) is 0 Å². The smallest absolute Gasteiger partial charge is 0.353 e. The molecule has 2 aliphatic heterocycles. The lowest BCUT2D eigenvalue weighted by Crippen LogP contribution is -2.71. The number of guanidine groups is 1. The van der Waals surface area contributed by atoms with Crippen LogP contribution in [-0.2, 0) is 20.1 Å². The number of carbonyl (C=O) groups is 3. The normalized spacial score (nSPS) is 18.7. The van der Waals surface area contributed by atoms with Crippen LogP contribution in [0.3, 0.4) is 0 Å². The standard InChI is InChI=1S/C21H22ClN9O5S4/c22-15-11(29-21(25)40-15)12(30-36)16(32)28-13-17(33)31-14(19(34)35)10(7-38-18(13)31)39-9-2-1-3-26-8(9)6-37-5-4-27-20(23)24/h1-3,13,18,36H,4-7H2,(H2,25,29)(H,28,32)(H,34,35)(H4,23,24,27)/b30-12-/t13-,18-/m1/s1. The Labute approximate surface area is 248 Å². The summed E-state index contributed by atoms with van der Waals surface area (Å²) < 4.78 is 0.0359. The van der Waals surface area contributed by atoms with Gasteiger partial charge in [-0.05, 0) is 12.1 Å². The topological polar surface area (TPSA) is 236 Å². The van der Waals surface area contributed by atoms with Crippen LogP contribution < -0.4 is 22.5 Å². The van der Waals surface area contributed by atoms with Gasteiger partial charge in [-0.25, -0.2) is 9.78 Å². The molecule has 0 saturated carbocycles. The number of rotatable bonds is 11. The summed E-state index contributed by atoms with van der Waals surface area (Å²) in [5, 5.41) is 24.2. The number of aliphatic carboxylic acids is 1. The number of oxime groups is 1. The molecule has 2 aliphatic rings. The maximum Gasteiger partial charge on any atom is 0.353 e. The molecule has 0 aliphatic carbocycles. The first-order chi connectivity index (χ1) is 19.1.